The number of anilines is 1. The topological polar surface area (TPSA) is 66.9 Å². The summed E-state index contributed by atoms with van der Waals surface area (Å²) in [6, 6.07) is 11.8. The van der Waals surface area contributed by atoms with Crippen molar-refractivity contribution in [2.75, 3.05) is 18.4 Å². The van der Waals surface area contributed by atoms with Gasteiger partial charge in [-0.25, -0.2) is 0 Å². The Bertz CT molecular complexity index is 955. The third kappa shape index (κ3) is 4.33. The zero-order chi connectivity index (χ0) is 19.4. The van der Waals surface area contributed by atoms with Gasteiger partial charge in [-0.3, -0.25) is 4.79 Å². The number of aryl methyl sites for hydroxylation is 1. The second kappa shape index (κ2) is 7.61. The molecular formula is C19H17F3N4O. The summed E-state index contributed by atoms with van der Waals surface area (Å²) in [6.07, 6.45) is -4.42. The van der Waals surface area contributed by atoms with Gasteiger partial charge in [-0.1, -0.05) is 24.3 Å². The molecule has 0 fully saturated rings. The van der Waals surface area contributed by atoms with E-state index < -0.39 is 17.6 Å². The molecule has 140 valence electrons. The van der Waals surface area contributed by atoms with Crippen molar-refractivity contribution < 1.29 is 18.0 Å². The van der Waals surface area contributed by atoms with Crippen LogP contribution in [0.1, 0.15) is 21.6 Å². The minimum Gasteiger partial charge on any atom is -0.366 e. The highest BCUT2D eigenvalue weighted by atomic mass is 19.4. The van der Waals surface area contributed by atoms with E-state index in [1.54, 1.807) is 0 Å². The predicted molar refractivity (Wildman–Crippen MR) is 96.5 cm³/mol. The lowest BCUT2D eigenvalue weighted by Gasteiger charge is -2.11. The van der Waals surface area contributed by atoms with Crippen molar-refractivity contribution in [1.82, 2.24) is 15.5 Å². The molecule has 0 unspecified atom stereocenters. The van der Waals surface area contributed by atoms with Crippen LogP contribution in [0.5, 0.6) is 0 Å². The third-order valence-electron chi connectivity index (χ3n) is 4.05. The number of rotatable bonds is 5. The Morgan fingerprint density at radius 3 is 2.30 bits per heavy atom. The van der Waals surface area contributed by atoms with Gasteiger partial charge in [-0.05, 0) is 31.2 Å². The molecule has 0 spiro atoms. The van der Waals surface area contributed by atoms with E-state index in [1.165, 1.54) is 0 Å². The van der Waals surface area contributed by atoms with Gasteiger partial charge in [0.1, 0.15) is 0 Å². The number of carbonyl (C=O) groups is 1. The molecule has 3 aromatic rings. The molecule has 0 saturated carbocycles. The summed E-state index contributed by atoms with van der Waals surface area (Å²) in [4.78, 5) is 12.0. The average Bonchev–Trinajstić information content (AvgIpc) is 2.66. The number of nitrogens with one attached hydrogen (secondary N) is 2. The summed E-state index contributed by atoms with van der Waals surface area (Å²) < 4.78 is 37.6. The third-order valence-corrected chi connectivity index (χ3v) is 4.05. The molecule has 27 heavy (non-hydrogen) atoms. The summed E-state index contributed by atoms with van der Waals surface area (Å²) in [5.74, 6) is 0.172. The van der Waals surface area contributed by atoms with Gasteiger partial charge in [0.15, 0.2) is 5.82 Å². The van der Waals surface area contributed by atoms with Crippen LogP contribution in [0.4, 0.5) is 19.0 Å². The van der Waals surface area contributed by atoms with Gasteiger partial charge >= 0.3 is 6.18 Å². The molecule has 0 saturated heterocycles. The van der Waals surface area contributed by atoms with E-state index in [-0.39, 0.29) is 12.1 Å². The molecule has 1 amide bonds. The Labute approximate surface area is 153 Å². The van der Waals surface area contributed by atoms with Crippen molar-refractivity contribution in [3.8, 4) is 0 Å². The van der Waals surface area contributed by atoms with Crippen LogP contribution in [0.25, 0.3) is 10.8 Å². The Balaban J connectivity index is 1.56. The smallest absolute Gasteiger partial charge is 0.366 e. The molecule has 2 N–H and O–H groups in total. The Kier molecular flexibility index (Phi) is 5.25. The predicted octanol–water partition coefficient (Wildman–Crippen LogP) is 3.80. The fraction of sp³-hybridized carbons (Fsp3) is 0.211. The largest absolute Gasteiger partial charge is 0.416 e. The molecule has 5 nitrogen and oxygen atoms in total. The van der Waals surface area contributed by atoms with Crippen molar-refractivity contribution in [3.05, 3.63) is 65.4 Å². The maximum absolute atomic E-state index is 12.5. The zero-order valence-electron chi connectivity index (χ0n) is 14.5. The molecule has 2 aromatic carbocycles. The zero-order valence-corrected chi connectivity index (χ0v) is 14.5. The minimum absolute atomic E-state index is 0.170. The van der Waals surface area contributed by atoms with Crippen LogP contribution in [0.15, 0.2) is 48.5 Å². The summed E-state index contributed by atoms with van der Waals surface area (Å²) in [5.41, 5.74) is 0.209. The van der Waals surface area contributed by atoms with Gasteiger partial charge in [0, 0.05) is 29.4 Å². The van der Waals surface area contributed by atoms with Crippen LogP contribution in [-0.4, -0.2) is 29.2 Å². The Morgan fingerprint density at radius 1 is 0.963 bits per heavy atom. The lowest BCUT2D eigenvalue weighted by atomic mass is 10.1. The second-order valence-corrected chi connectivity index (χ2v) is 5.94. The van der Waals surface area contributed by atoms with Gasteiger partial charge < -0.3 is 10.6 Å². The fourth-order valence-electron chi connectivity index (χ4n) is 2.64. The Hall–Kier alpha value is -3.16. The van der Waals surface area contributed by atoms with Crippen LogP contribution in [0.2, 0.25) is 0 Å². The lowest BCUT2D eigenvalue weighted by molar-refractivity contribution is -0.137. The van der Waals surface area contributed by atoms with Gasteiger partial charge in [-0.2, -0.15) is 18.3 Å². The van der Waals surface area contributed by atoms with E-state index in [0.717, 1.165) is 40.7 Å². The number of amides is 1. The van der Waals surface area contributed by atoms with E-state index >= 15 is 0 Å². The molecule has 0 radical (unpaired) electrons. The first-order chi connectivity index (χ1) is 12.9. The number of aromatic nitrogens is 2. The van der Waals surface area contributed by atoms with E-state index in [2.05, 4.69) is 20.8 Å². The Morgan fingerprint density at radius 2 is 1.63 bits per heavy atom. The number of nitrogens with zero attached hydrogens (tertiary/aromatic N) is 2. The first-order valence-electron chi connectivity index (χ1n) is 8.27. The van der Waals surface area contributed by atoms with Crippen LogP contribution >= 0.6 is 0 Å². The molecular weight excluding hydrogens is 357 g/mol. The van der Waals surface area contributed by atoms with Crippen molar-refractivity contribution in [3.63, 3.8) is 0 Å². The first-order valence-corrected chi connectivity index (χ1v) is 8.27. The van der Waals surface area contributed by atoms with Gasteiger partial charge in [0.25, 0.3) is 5.91 Å². The molecule has 0 aliphatic heterocycles. The van der Waals surface area contributed by atoms with Crippen molar-refractivity contribution in [1.29, 1.82) is 0 Å². The number of hydrogen-bond donors (Lipinski definition) is 2. The highest BCUT2D eigenvalue weighted by Gasteiger charge is 2.30. The molecule has 3 rings (SSSR count). The molecule has 0 aliphatic rings. The summed E-state index contributed by atoms with van der Waals surface area (Å²) in [5, 5.41) is 15.9. The van der Waals surface area contributed by atoms with E-state index in [4.69, 9.17) is 0 Å². The highest BCUT2D eigenvalue weighted by Crippen LogP contribution is 2.29. The van der Waals surface area contributed by atoms with Gasteiger partial charge in [-0.15, -0.1) is 5.10 Å². The average molecular weight is 374 g/mol. The maximum Gasteiger partial charge on any atom is 0.416 e. The molecule has 1 heterocycles. The van der Waals surface area contributed by atoms with Crippen LogP contribution < -0.4 is 10.6 Å². The summed E-state index contributed by atoms with van der Waals surface area (Å²) >= 11 is 0. The van der Waals surface area contributed by atoms with E-state index in [0.29, 0.717) is 12.4 Å². The van der Waals surface area contributed by atoms with Crippen LogP contribution in [-0.2, 0) is 6.18 Å². The SMILES string of the molecule is Cc1nnc(NCCNC(=O)c2ccc(C(F)(F)F)cc2)c2ccccc12. The minimum atomic E-state index is -4.42. The summed E-state index contributed by atoms with van der Waals surface area (Å²) in [6.45, 7) is 2.56. The maximum atomic E-state index is 12.5. The van der Waals surface area contributed by atoms with Crippen molar-refractivity contribution in [2.45, 2.75) is 13.1 Å². The van der Waals surface area contributed by atoms with Crippen LogP contribution in [0.3, 0.4) is 0 Å². The fourth-order valence-corrected chi connectivity index (χ4v) is 2.64. The van der Waals surface area contributed by atoms with Gasteiger partial charge in [0.2, 0.25) is 0 Å². The number of halogens is 3. The monoisotopic (exact) mass is 374 g/mol. The number of carbonyl (C=O) groups excluding carboxylic acids is 1. The number of fused-ring (bicyclic) bond motifs is 1. The molecule has 0 atom stereocenters. The summed E-state index contributed by atoms with van der Waals surface area (Å²) in [7, 11) is 0. The standard InChI is InChI=1S/C19H17F3N4O/c1-12-15-4-2-3-5-16(15)17(26-25-12)23-10-11-24-18(27)13-6-8-14(9-7-13)19(20,21)22/h2-9H,10-11H2,1H3,(H,23,26)(H,24,27). The second-order valence-electron chi connectivity index (χ2n) is 5.94. The van der Waals surface area contributed by atoms with Crippen molar-refractivity contribution >= 4 is 22.5 Å². The normalized spacial score (nSPS) is 11.4. The van der Waals surface area contributed by atoms with Crippen LogP contribution in [0, 0.1) is 6.92 Å². The molecule has 0 bridgehead atoms. The van der Waals surface area contributed by atoms with E-state index in [9.17, 15) is 18.0 Å². The number of hydrogen-bond acceptors (Lipinski definition) is 4. The first kappa shape index (κ1) is 18.6. The number of alkyl halides is 3. The van der Waals surface area contributed by atoms with E-state index in [1.807, 2.05) is 31.2 Å². The number of benzene rings is 2. The van der Waals surface area contributed by atoms with Crippen molar-refractivity contribution in [2.24, 2.45) is 0 Å². The molecule has 8 heteroatoms. The van der Waals surface area contributed by atoms with Gasteiger partial charge in [0.05, 0.1) is 11.3 Å². The lowest BCUT2D eigenvalue weighted by Crippen LogP contribution is -2.29. The quantitative estimate of drug-likeness (QED) is 0.667. The molecule has 1 aromatic heterocycles. The highest BCUT2D eigenvalue weighted by molar-refractivity contribution is 5.94. The molecule has 0 aliphatic carbocycles.